The van der Waals surface area contributed by atoms with Crippen LogP contribution in [0.5, 0.6) is 5.75 Å². The van der Waals surface area contributed by atoms with Crippen LogP contribution < -0.4 is 15.4 Å². The van der Waals surface area contributed by atoms with Gasteiger partial charge in [0, 0.05) is 0 Å². The molecule has 0 saturated carbocycles. The van der Waals surface area contributed by atoms with E-state index in [-0.39, 0.29) is 18.9 Å². The molecule has 0 spiro atoms. The van der Waals surface area contributed by atoms with Gasteiger partial charge >= 0.3 is 6.03 Å². The molecule has 1 saturated heterocycles. The fraction of sp³-hybridized carbons (Fsp3) is 0.318. The number of hydrogen-bond acceptors (Lipinski definition) is 5. The molecular formula is C22H26FN3O5. The summed E-state index contributed by atoms with van der Waals surface area (Å²) >= 11 is 0. The fourth-order valence-corrected chi connectivity index (χ4v) is 2.87. The van der Waals surface area contributed by atoms with Gasteiger partial charge in [-0.25, -0.2) is 9.18 Å². The number of anilines is 1. The van der Waals surface area contributed by atoms with E-state index in [2.05, 4.69) is 10.6 Å². The summed E-state index contributed by atoms with van der Waals surface area (Å²) in [5.41, 5.74) is 1.19. The molecule has 1 atom stereocenters. The predicted octanol–water partition coefficient (Wildman–Crippen LogP) is 2.76. The molecule has 1 aliphatic heterocycles. The van der Waals surface area contributed by atoms with Gasteiger partial charge in [0.2, 0.25) is 5.91 Å². The Labute approximate surface area is 180 Å². The molecule has 1 fully saturated rings. The maximum atomic E-state index is 13.9. The zero-order valence-electron chi connectivity index (χ0n) is 17.6. The Morgan fingerprint density at radius 2 is 1.87 bits per heavy atom. The monoisotopic (exact) mass is 431 g/mol. The summed E-state index contributed by atoms with van der Waals surface area (Å²) in [7, 11) is 0. The smallest absolute Gasteiger partial charge is 0.325 e. The molecule has 166 valence electrons. The lowest BCUT2D eigenvalue weighted by Gasteiger charge is -2.14. The number of rotatable bonds is 7. The van der Waals surface area contributed by atoms with Crippen LogP contribution in [0.15, 0.2) is 42.5 Å². The van der Waals surface area contributed by atoms with Crippen LogP contribution in [-0.2, 0) is 9.59 Å². The van der Waals surface area contributed by atoms with E-state index in [4.69, 9.17) is 9.84 Å². The molecule has 8 nitrogen and oxygen atoms in total. The number of imide groups is 1. The first-order valence-electron chi connectivity index (χ1n) is 9.90. The Hall–Kier alpha value is -3.46. The van der Waals surface area contributed by atoms with Crippen molar-refractivity contribution in [1.82, 2.24) is 10.2 Å². The molecule has 0 aliphatic carbocycles. The summed E-state index contributed by atoms with van der Waals surface area (Å²) < 4.78 is 19.1. The van der Waals surface area contributed by atoms with Crippen molar-refractivity contribution in [2.75, 3.05) is 25.1 Å². The average Bonchev–Trinajstić information content (AvgIpc) is 3.04. The molecule has 2 aromatic carbocycles. The number of benzene rings is 2. The van der Waals surface area contributed by atoms with Gasteiger partial charge in [0.1, 0.15) is 30.8 Å². The normalized spacial score (nSPS) is 15.1. The van der Waals surface area contributed by atoms with Gasteiger partial charge < -0.3 is 20.5 Å². The van der Waals surface area contributed by atoms with Crippen LogP contribution in [0.3, 0.4) is 0 Å². The molecule has 3 N–H and O–H groups in total. The molecular weight excluding hydrogens is 405 g/mol. The van der Waals surface area contributed by atoms with Gasteiger partial charge in [-0.3, -0.25) is 14.5 Å². The number of halogens is 1. The molecule has 4 amide bonds. The fourth-order valence-electron chi connectivity index (χ4n) is 2.87. The number of aryl methyl sites for hydroxylation is 1. The average molecular weight is 431 g/mol. The predicted molar refractivity (Wildman–Crippen MR) is 113 cm³/mol. The standard InChI is InChI=1S/C20H20FN3O5.C2H6/c1-12-2-7-16(15(21)10-12)22-17(26)11-24-19(27)18(23-20(24)28)13-3-5-14(6-4-13)29-9-8-25;1-2/h2-7,10,18,25H,8-9,11H2,1H3,(H,22,26)(H,23,28);1-2H3/t18-;/m1./s1. The van der Waals surface area contributed by atoms with E-state index in [1.54, 1.807) is 37.3 Å². The summed E-state index contributed by atoms with van der Waals surface area (Å²) in [5.74, 6) is -1.36. The van der Waals surface area contributed by atoms with Crippen LogP contribution in [0.25, 0.3) is 0 Å². The number of carbonyl (C=O) groups excluding carboxylic acids is 3. The Morgan fingerprint density at radius 1 is 1.19 bits per heavy atom. The van der Waals surface area contributed by atoms with Crippen LogP contribution in [0.2, 0.25) is 0 Å². The first kappa shape index (κ1) is 23.8. The summed E-state index contributed by atoms with van der Waals surface area (Å²) in [4.78, 5) is 37.7. The number of aliphatic hydroxyl groups is 1. The maximum absolute atomic E-state index is 13.9. The van der Waals surface area contributed by atoms with Crippen LogP contribution in [0.4, 0.5) is 14.9 Å². The molecule has 0 aromatic heterocycles. The summed E-state index contributed by atoms with van der Waals surface area (Å²) in [6, 6.07) is 9.13. The van der Waals surface area contributed by atoms with Crippen LogP contribution in [0.1, 0.15) is 31.0 Å². The van der Waals surface area contributed by atoms with Gasteiger partial charge in [-0.15, -0.1) is 0 Å². The molecule has 0 radical (unpaired) electrons. The van der Waals surface area contributed by atoms with Gasteiger partial charge in [0.05, 0.1) is 12.3 Å². The highest BCUT2D eigenvalue weighted by atomic mass is 19.1. The number of nitrogens with zero attached hydrogens (tertiary/aromatic N) is 1. The van der Waals surface area contributed by atoms with Crippen molar-refractivity contribution < 1.29 is 28.6 Å². The van der Waals surface area contributed by atoms with E-state index < -0.39 is 36.2 Å². The third-order valence-corrected chi connectivity index (χ3v) is 4.30. The highest BCUT2D eigenvalue weighted by molar-refractivity contribution is 6.08. The third-order valence-electron chi connectivity index (χ3n) is 4.30. The number of nitrogens with one attached hydrogen (secondary N) is 2. The van der Waals surface area contributed by atoms with Gasteiger partial charge in [-0.2, -0.15) is 0 Å². The molecule has 9 heteroatoms. The van der Waals surface area contributed by atoms with Crippen molar-refractivity contribution in [3.63, 3.8) is 0 Å². The quantitative estimate of drug-likeness (QED) is 0.585. The molecule has 3 rings (SSSR count). The lowest BCUT2D eigenvalue weighted by atomic mass is 10.1. The number of amides is 4. The van der Waals surface area contributed by atoms with Gasteiger partial charge in [0.25, 0.3) is 5.91 Å². The second kappa shape index (κ2) is 11.1. The van der Waals surface area contributed by atoms with E-state index in [1.165, 1.54) is 12.1 Å². The summed E-state index contributed by atoms with van der Waals surface area (Å²) in [6.07, 6.45) is 0. The number of hydrogen-bond donors (Lipinski definition) is 3. The largest absolute Gasteiger partial charge is 0.491 e. The lowest BCUT2D eigenvalue weighted by molar-refractivity contribution is -0.130. The van der Waals surface area contributed by atoms with Crippen molar-refractivity contribution in [2.45, 2.75) is 26.8 Å². The van der Waals surface area contributed by atoms with Crippen molar-refractivity contribution in [3.05, 3.63) is 59.4 Å². The van der Waals surface area contributed by atoms with Crippen molar-refractivity contribution >= 4 is 23.5 Å². The topological polar surface area (TPSA) is 108 Å². The Bertz CT molecular complexity index is 933. The highest BCUT2D eigenvalue weighted by Gasteiger charge is 2.39. The van der Waals surface area contributed by atoms with Crippen LogP contribution in [-0.4, -0.2) is 47.6 Å². The van der Waals surface area contributed by atoms with Crippen molar-refractivity contribution in [2.24, 2.45) is 0 Å². The molecule has 0 unspecified atom stereocenters. The zero-order chi connectivity index (χ0) is 23.0. The summed E-state index contributed by atoms with van der Waals surface area (Å²) in [5, 5.41) is 13.6. The minimum absolute atomic E-state index is 0.0253. The highest BCUT2D eigenvalue weighted by Crippen LogP contribution is 2.24. The second-order valence-electron chi connectivity index (χ2n) is 6.48. The molecule has 31 heavy (non-hydrogen) atoms. The van der Waals surface area contributed by atoms with Crippen LogP contribution >= 0.6 is 0 Å². The lowest BCUT2D eigenvalue weighted by Crippen LogP contribution is -2.38. The van der Waals surface area contributed by atoms with Crippen molar-refractivity contribution in [1.29, 1.82) is 0 Å². The Kier molecular flexibility index (Phi) is 8.51. The summed E-state index contributed by atoms with van der Waals surface area (Å²) in [6.45, 7) is 5.20. The van der Waals surface area contributed by atoms with E-state index in [1.807, 2.05) is 13.8 Å². The Morgan fingerprint density at radius 3 is 2.48 bits per heavy atom. The Balaban J connectivity index is 0.00000166. The van der Waals surface area contributed by atoms with Gasteiger partial charge in [0.15, 0.2) is 0 Å². The van der Waals surface area contributed by atoms with Crippen molar-refractivity contribution in [3.8, 4) is 5.75 Å². The van der Waals surface area contributed by atoms with E-state index in [0.29, 0.717) is 16.9 Å². The first-order valence-corrected chi connectivity index (χ1v) is 9.90. The SMILES string of the molecule is CC.Cc1ccc(NC(=O)CN2C(=O)N[C@H](c3ccc(OCCO)cc3)C2=O)c(F)c1. The van der Waals surface area contributed by atoms with E-state index in [0.717, 1.165) is 4.90 Å². The maximum Gasteiger partial charge on any atom is 0.325 e. The van der Waals surface area contributed by atoms with Crippen LogP contribution in [0, 0.1) is 12.7 Å². The minimum atomic E-state index is -0.932. The third kappa shape index (κ3) is 6.02. The molecule has 0 bridgehead atoms. The zero-order valence-corrected chi connectivity index (χ0v) is 17.6. The van der Waals surface area contributed by atoms with E-state index >= 15 is 0 Å². The van der Waals surface area contributed by atoms with Gasteiger partial charge in [-0.1, -0.05) is 32.0 Å². The number of carbonyl (C=O) groups is 3. The second-order valence-corrected chi connectivity index (χ2v) is 6.48. The van der Waals surface area contributed by atoms with Gasteiger partial charge in [-0.05, 0) is 42.3 Å². The number of urea groups is 1. The molecule has 2 aromatic rings. The first-order chi connectivity index (χ1) is 14.9. The number of aliphatic hydroxyl groups excluding tert-OH is 1. The number of ether oxygens (including phenoxy) is 1. The van der Waals surface area contributed by atoms with E-state index in [9.17, 15) is 18.8 Å². The molecule has 1 aliphatic rings. The molecule has 1 heterocycles. The minimum Gasteiger partial charge on any atom is -0.491 e.